The second kappa shape index (κ2) is 7.42. The quantitative estimate of drug-likeness (QED) is 0.557. The Hall–Kier alpha value is -1.11. The Bertz CT molecular complexity index is 723. The van der Waals surface area contributed by atoms with Gasteiger partial charge in [0.1, 0.15) is 10.6 Å². The first-order valence-electron chi connectivity index (χ1n) is 7.89. The maximum atomic E-state index is 13.0. The molecule has 134 valence electrons. The summed E-state index contributed by atoms with van der Waals surface area (Å²) >= 11 is 6.34. The van der Waals surface area contributed by atoms with E-state index in [1.807, 2.05) is 0 Å². The fourth-order valence-electron chi connectivity index (χ4n) is 2.34. The summed E-state index contributed by atoms with van der Waals surface area (Å²) in [6, 6.07) is 3.29. The molecule has 1 aromatic carbocycles. The Balaban J connectivity index is 2.50. The zero-order valence-corrected chi connectivity index (χ0v) is 16.1. The molecule has 0 aliphatic carbocycles. The molecule has 1 atom stereocenters. The molecular weight excluding hydrogens is 350 g/mol. The van der Waals surface area contributed by atoms with Crippen LogP contribution in [0.2, 0.25) is 0 Å². The third-order valence-corrected chi connectivity index (χ3v) is 6.74. The van der Waals surface area contributed by atoms with Crippen molar-refractivity contribution < 1.29 is 17.9 Å². The first-order valence-corrected chi connectivity index (χ1v) is 9.81. The van der Waals surface area contributed by atoms with Crippen LogP contribution in [-0.4, -0.2) is 39.7 Å². The van der Waals surface area contributed by atoms with Crippen molar-refractivity contribution in [1.82, 2.24) is 0 Å². The number of aliphatic imine (C=N–C) groups is 1. The maximum absolute atomic E-state index is 13.0. The Kier molecular flexibility index (Phi) is 5.94. The van der Waals surface area contributed by atoms with E-state index < -0.39 is 14.6 Å². The van der Waals surface area contributed by atoms with Crippen LogP contribution in [0.25, 0.3) is 0 Å². The number of nitrogens with zero attached hydrogens (tertiary/aromatic N) is 1. The number of methoxy groups -OCH3 is 1. The summed E-state index contributed by atoms with van der Waals surface area (Å²) in [5, 5.41) is -0.283. The SMILES string of the molecule is COCCCOc1cc2c(cc1S(=O)(=O)C(C)(C)C)C(Cl)CC=N2. The minimum atomic E-state index is -3.57. The Morgan fingerprint density at radius 1 is 1.29 bits per heavy atom. The van der Waals surface area contributed by atoms with Crippen LogP contribution in [0.3, 0.4) is 0 Å². The minimum Gasteiger partial charge on any atom is -0.492 e. The van der Waals surface area contributed by atoms with Crippen molar-refractivity contribution in [3.8, 4) is 5.75 Å². The van der Waals surface area contributed by atoms with Crippen LogP contribution >= 0.6 is 11.6 Å². The van der Waals surface area contributed by atoms with Gasteiger partial charge in [0.15, 0.2) is 9.84 Å². The van der Waals surface area contributed by atoms with Gasteiger partial charge in [0.25, 0.3) is 0 Å². The predicted octanol–water partition coefficient (Wildman–Crippen LogP) is 4.06. The fourth-order valence-corrected chi connectivity index (χ4v) is 3.92. The van der Waals surface area contributed by atoms with Gasteiger partial charge in [0.05, 0.1) is 22.4 Å². The average molecular weight is 374 g/mol. The average Bonchev–Trinajstić information content (AvgIpc) is 2.50. The molecule has 1 aliphatic heterocycles. The number of alkyl halides is 1. The summed E-state index contributed by atoms with van der Waals surface area (Å²) in [5.41, 5.74) is 1.39. The molecule has 7 heteroatoms. The lowest BCUT2D eigenvalue weighted by atomic mass is 10.0. The van der Waals surface area contributed by atoms with E-state index in [4.69, 9.17) is 21.1 Å². The van der Waals surface area contributed by atoms with E-state index in [-0.39, 0.29) is 10.3 Å². The zero-order chi connectivity index (χ0) is 18.0. The van der Waals surface area contributed by atoms with Gasteiger partial charge in [-0.2, -0.15) is 0 Å². The Morgan fingerprint density at radius 2 is 2.00 bits per heavy atom. The van der Waals surface area contributed by atoms with Gasteiger partial charge >= 0.3 is 0 Å². The van der Waals surface area contributed by atoms with E-state index >= 15 is 0 Å². The molecule has 0 aromatic heterocycles. The van der Waals surface area contributed by atoms with E-state index in [0.29, 0.717) is 37.5 Å². The van der Waals surface area contributed by atoms with Crippen molar-refractivity contribution in [3.63, 3.8) is 0 Å². The molecular formula is C17H24ClNO4S. The van der Waals surface area contributed by atoms with Crippen molar-refractivity contribution in [2.24, 2.45) is 4.99 Å². The molecule has 5 nitrogen and oxygen atoms in total. The third kappa shape index (κ3) is 3.92. The monoisotopic (exact) mass is 373 g/mol. The summed E-state index contributed by atoms with van der Waals surface area (Å²) in [6.07, 6.45) is 2.99. The summed E-state index contributed by atoms with van der Waals surface area (Å²) in [7, 11) is -1.96. The van der Waals surface area contributed by atoms with Crippen LogP contribution in [-0.2, 0) is 14.6 Å². The van der Waals surface area contributed by atoms with Gasteiger partial charge in [-0.3, -0.25) is 4.99 Å². The molecule has 1 unspecified atom stereocenters. The molecule has 0 fully saturated rings. The molecule has 1 heterocycles. The Morgan fingerprint density at radius 3 is 2.62 bits per heavy atom. The second-order valence-corrected chi connectivity index (χ2v) is 9.88. The number of hydrogen-bond acceptors (Lipinski definition) is 5. The number of ether oxygens (including phenoxy) is 2. The highest BCUT2D eigenvalue weighted by molar-refractivity contribution is 7.92. The summed E-state index contributed by atoms with van der Waals surface area (Å²) < 4.78 is 35.7. The summed E-state index contributed by atoms with van der Waals surface area (Å²) in [5.74, 6) is 0.322. The van der Waals surface area contributed by atoms with Crippen molar-refractivity contribution >= 4 is 33.3 Å². The van der Waals surface area contributed by atoms with E-state index in [1.165, 1.54) is 0 Å². The molecule has 0 N–H and O–H groups in total. The molecule has 0 saturated carbocycles. The van der Waals surface area contributed by atoms with Crippen LogP contribution in [0.4, 0.5) is 5.69 Å². The highest BCUT2D eigenvalue weighted by Crippen LogP contribution is 2.43. The van der Waals surface area contributed by atoms with E-state index in [9.17, 15) is 8.42 Å². The van der Waals surface area contributed by atoms with Crippen LogP contribution < -0.4 is 4.74 Å². The lowest BCUT2D eigenvalue weighted by Gasteiger charge is -2.24. The number of benzene rings is 1. The molecule has 0 spiro atoms. The number of rotatable bonds is 6. The van der Waals surface area contributed by atoms with E-state index in [0.717, 1.165) is 5.56 Å². The third-order valence-electron chi connectivity index (χ3n) is 3.82. The molecule has 1 aliphatic rings. The summed E-state index contributed by atoms with van der Waals surface area (Å²) in [4.78, 5) is 4.50. The molecule has 24 heavy (non-hydrogen) atoms. The van der Waals surface area contributed by atoms with Gasteiger partial charge in [0, 0.05) is 38.8 Å². The normalized spacial score (nSPS) is 17.6. The molecule has 0 radical (unpaired) electrons. The van der Waals surface area contributed by atoms with Gasteiger partial charge in [-0.05, 0) is 32.4 Å². The lowest BCUT2D eigenvalue weighted by Crippen LogP contribution is -2.28. The first kappa shape index (κ1) is 19.2. The lowest BCUT2D eigenvalue weighted by molar-refractivity contribution is 0.171. The number of halogens is 1. The van der Waals surface area contributed by atoms with Crippen LogP contribution in [0.15, 0.2) is 22.0 Å². The Labute approximate surface area is 148 Å². The fraction of sp³-hybridized carbons (Fsp3) is 0.588. The minimum absolute atomic E-state index is 0.175. The topological polar surface area (TPSA) is 65.0 Å². The number of hydrogen-bond donors (Lipinski definition) is 0. The largest absolute Gasteiger partial charge is 0.492 e. The van der Waals surface area contributed by atoms with Crippen molar-refractivity contribution in [1.29, 1.82) is 0 Å². The highest BCUT2D eigenvalue weighted by Gasteiger charge is 2.35. The van der Waals surface area contributed by atoms with E-state index in [1.54, 1.807) is 46.2 Å². The highest BCUT2D eigenvalue weighted by atomic mass is 35.5. The van der Waals surface area contributed by atoms with Gasteiger partial charge in [-0.25, -0.2) is 8.42 Å². The van der Waals surface area contributed by atoms with Crippen molar-refractivity contribution in [2.75, 3.05) is 20.3 Å². The predicted molar refractivity (Wildman–Crippen MR) is 96.7 cm³/mol. The standard InChI is InChI=1S/C17H24ClNO4S/c1-17(2,3)24(20,21)16-10-12-13(18)6-7-19-14(12)11-15(16)23-9-5-8-22-4/h7,10-11,13H,5-6,8-9H2,1-4H3. The number of sulfone groups is 1. The van der Waals surface area contributed by atoms with Gasteiger partial charge in [-0.15, -0.1) is 11.6 Å². The van der Waals surface area contributed by atoms with Crippen LogP contribution in [0.5, 0.6) is 5.75 Å². The van der Waals surface area contributed by atoms with Crippen molar-refractivity contribution in [3.05, 3.63) is 17.7 Å². The molecule has 1 aromatic rings. The maximum Gasteiger partial charge on any atom is 0.186 e. The molecule has 2 rings (SSSR count). The van der Waals surface area contributed by atoms with Crippen LogP contribution in [0.1, 0.15) is 44.6 Å². The van der Waals surface area contributed by atoms with Gasteiger partial charge < -0.3 is 9.47 Å². The smallest absolute Gasteiger partial charge is 0.186 e. The molecule has 0 bridgehead atoms. The zero-order valence-electron chi connectivity index (χ0n) is 14.5. The first-order chi connectivity index (χ1) is 11.2. The molecule has 0 amide bonds. The second-order valence-electron chi connectivity index (χ2n) is 6.68. The van der Waals surface area contributed by atoms with Gasteiger partial charge in [-0.1, -0.05) is 0 Å². The number of fused-ring (bicyclic) bond motifs is 1. The van der Waals surface area contributed by atoms with Gasteiger partial charge in [0.2, 0.25) is 0 Å². The summed E-state index contributed by atoms with van der Waals surface area (Å²) in [6.45, 7) is 5.94. The van der Waals surface area contributed by atoms with E-state index in [2.05, 4.69) is 4.99 Å². The van der Waals surface area contributed by atoms with Crippen LogP contribution in [0, 0.1) is 0 Å². The van der Waals surface area contributed by atoms with Crippen molar-refractivity contribution in [2.45, 2.75) is 48.6 Å². The molecule has 0 saturated heterocycles.